The van der Waals surface area contributed by atoms with E-state index in [1.165, 1.54) is 0 Å². The van der Waals surface area contributed by atoms with E-state index in [1.807, 2.05) is 42.8 Å². The molecule has 22 heavy (non-hydrogen) atoms. The molecule has 0 fully saturated rings. The number of aromatic nitrogens is 3. The van der Waals surface area contributed by atoms with E-state index in [0.29, 0.717) is 6.54 Å². The third kappa shape index (κ3) is 4.73. The van der Waals surface area contributed by atoms with E-state index >= 15 is 0 Å². The molecule has 0 aliphatic carbocycles. The Morgan fingerprint density at radius 1 is 1.32 bits per heavy atom. The Bertz CT molecular complexity index is 622. The number of rotatable bonds is 6. The normalized spacial score (nSPS) is 11.5. The summed E-state index contributed by atoms with van der Waals surface area (Å²) in [6, 6.07) is 7.87. The summed E-state index contributed by atoms with van der Waals surface area (Å²) in [5.74, 6) is 1.58. The lowest BCUT2D eigenvalue weighted by Crippen LogP contribution is -2.38. The van der Waals surface area contributed by atoms with Crippen molar-refractivity contribution in [1.82, 2.24) is 25.4 Å². The molecule has 2 N–H and O–H groups in total. The Balaban J connectivity index is 1.89. The summed E-state index contributed by atoms with van der Waals surface area (Å²) in [5.41, 5.74) is 1.13. The van der Waals surface area contributed by atoms with Crippen LogP contribution in [0.3, 0.4) is 0 Å². The first kappa shape index (κ1) is 16.3. The first-order chi connectivity index (χ1) is 10.7. The van der Waals surface area contributed by atoms with Crippen molar-refractivity contribution in [3.05, 3.63) is 47.0 Å². The Kier molecular flexibility index (Phi) is 6.21. The Morgan fingerprint density at radius 2 is 2.14 bits per heavy atom. The summed E-state index contributed by atoms with van der Waals surface area (Å²) in [6.07, 6.45) is 2.51. The van der Waals surface area contributed by atoms with E-state index in [4.69, 9.17) is 11.6 Å². The second-order valence-corrected chi connectivity index (χ2v) is 5.23. The third-order valence-corrected chi connectivity index (χ3v) is 3.54. The summed E-state index contributed by atoms with van der Waals surface area (Å²) in [6.45, 7) is 4.08. The number of nitrogens with zero attached hydrogens (tertiary/aromatic N) is 4. The van der Waals surface area contributed by atoms with Crippen molar-refractivity contribution in [2.75, 3.05) is 13.1 Å². The molecule has 0 unspecified atom stereocenters. The molecule has 1 aromatic heterocycles. The second kappa shape index (κ2) is 8.38. The number of aryl methyl sites for hydroxylation is 1. The molecular formula is C15H21ClN6. The maximum Gasteiger partial charge on any atom is 0.191 e. The topological polar surface area (TPSA) is 67.1 Å². The van der Waals surface area contributed by atoms with Crippen molar-refractivity contribution < 1.29 is 0 Å². The molecule has 0 amide bonds. The van der Waals surface area contributed by atoms with Crippen LogP contribution in [0.25, 0.3) is 0 Å². The van der Waals surface area contributed by atoms with Gasteiger partial charge in [0.25, 0.3) is 0 Å². The molecule has 0 aliphatic rings. The van der Waals surface area contributed by atoms with Crippen LogP contribution in [0.1, 0.15) is 18.3 Å². The standard InChI is InChI=1S/C15H21ClN6/c1-3-17-15(19-10-14-21-20-11-22(14)2)18-9-8-12-6-4-5-7-13(12)16/h4-7,11H,3,8-10H2,1-2H3,(H2,17,18,19). The lowest BCUT2D eigenvalue weighted by atomic mass is 10.1. The van der Waals surface area contributed by atoms with Crippen LogP contribution in [0.2, 0.25) is 5.02 Å². The van der Waals surface area contributed by atoms with Crippen LogP contribution in [0.15, 0.2) is 35.6 Å². The Morgan fingerprint density at radius 3 is 2.82 bits per heavy atom. The highest BCUT2D eigenvalue weighted by Crippen LogP contribution is 2.14. The van der Waals surface area contributed by atoms with Crippen LogP contribution in [-0.2, 0) is 20.0 Å². The van der Waals surface area contributed by atoms with Crippen LogP contribution in [-0.4, -0.2) is 33.8 Å². The Hall–Kier alpha value is -2.08. The smallest absolute Gasteiger partial charge is 0.191 e. The summed E-state index contributed by atoms with van der Waals surface area (Å²) >= 11 is 6.16. The number of guanidine groups is 1. The molecule has 6 nitrogen and oxygen atoms in total. The van der Waals surface area contributed by atoms with Crippen molar-refractivity contribution in [3.63, 3.8) is 0 Å². The van der Waals surface area contributed by atoms with Crippen LogP contribution >= 0.6 is 11.6 Å². The van der Waals surface area contributed by atoms with Gasteiger partial charge in [0, 0.05) is 25.2 Å². The van der Waals surface area contributed by atoms with Gasteiger partial charge in [0.2, 0.25) is 0 Å². The van der Waals surface area contributed by atoms with Crippen LogP contribution in [0.5, 0.6) is 0 Å². The predicted molar refractivity (Wildman–Crippen MR) is 89.0 cm³/mol. The summed E-state index contributed by atoms with van der Waals surface area (Å²) in [4.78, 5) is 4.51. The molecule has 0 atom stereocenters. The van der Waals surface area contributed by atoms with Crippen molar-refractivity contribution in [1.29, 1.82) is 0 Å². The van der Waals surface area contributed by atoms with E-state index in [9.17, 15) is 0 Å². The molecule has 0 spiro atoms. The van der Waals surface area contributed by atoms with Crippen molar-refractivity contribution >= 4 is 17.6 Å². The number of halogens is 1. The van der Waals surface area contributed by atoms with Gasteiger partial charge in [0.15, 0.2) is 11.8 Å². The lowest BCUT2D eigenvalue weighted by molar-refractivity contribution is 0.763. The minimum absolute atomic E-state index is 0.484. The lowest BCUT2D eigenvalue weighted by Gasteiger charge is -2.11. The molecule has 0 aliphatic heterocycles. The van der Waals surface area contributed by atoms with Crippen LogP contribution < -0.4 is 10.6 Å². The molecule has 0 saturated heterocycles. The maximum atomic E-state index is 6.16. The van der Waals surface area contributed by atoms with E-state index in [1.54, 1.807) is 6.33 Å². The average molecular weight is 321 g/mol. The SMILES string of the molecule is CCNC(=NCc1nncn1C)NCCc1ccccc1Cl. The number of nitrogens with one attached hydrogen (secondary N) is 2. The zero-order valence-electron chi connectivity index (χ0n) is 12.9. The second-order valence-electron chi connectivity index (χ2n) is 4.82. The van der Waals surface area contributed by atoms with Gasteiger partial charge in [-0.15, -0.1) is 10.2 Å². The zero-order chi connectivity index (χ0) is 15.8. The van der Waals surface area contributed by atoms with Crippen molar-refractivity contribution in [3.8, 4) is 0 Å². The molecule has 118 valence electrons. The molecule has 0 bridgehead atoms. The van der Waals surface area contributed by atoms with Gasteiger partial charge in [0.05, 0.1) is 0 Å². The molecule has 0 radical (unpaired) electrons. The first-order valence-electron chi connectivity index (χ1n) is 7.29. The van der Waals surface area contributed by atoms with Gasteiger partial charge in [-0.1, -0.05) is 29.8 Å². The minimum Gasteiger partial charge on any atom is -0.357 e. The van der Waals surface area contributed by atoms with Gasteiger partial charge in [-0.3, -0.25) is 0 Å². The molecular weight excluding hydrogens is 300 g/mol. The van der Waals surface area contributed by atoms with Gasteiger partial charge >= 0.3 is 0 Å². The van der Waals surface area contributed by atoms with Crippen LogP contribution in [0, 0.1) is 0 Å². The number of benzene rings is 1. The van der Waals surface area contributed by atoms with Gasteiger partial charge < -0.3 is 15.2 Å². The first-order valence-corrected chi connectivity index (χ1v) is 7.67. The quantitative estimate of drug-likeness (QED) is 0.629. The highest BCUT2D eigenvalue weighted by atomic mass is 35.5. The van der Waals surface area contributed by atoms with E-state index in [2.05, 4.69) is 25.8 Å². The van der Waals surface area contributed by atoms with Gasteiger partial charge in [-0.25, -0.2) is 4.99 Å². The monoisotopic (exact) mass is 320 g/mol. The fourth-order valence-corrected chi connectivity index (χ4v) is 2.19. The molecule has 2 rings (SSSR count). The average Bonchev–Trinajstić information content (AvgIpc) is 2.92. The third-order valence-electron chi connectivity index (χ3n) is 3.17. The summed E-state index contributed by atoms with van der Waals surface area (Å²) in [5, 5.41) is 15.2. The predicted octanol–water partition coefficient (Wildman–Crippen LogP) is 1.77. The Labute approximate surface area is 135 Å². The number of aliphatic imine (C=N–C) groups is 1. The summed E-state index contributed by atoms with van der Waals surface area (Å²) < 4.78 is 1.86. The fraction of sp³-hybridized carbons (Fsp3) is 0.400. The molecule has 7 heteroatoms. The van der Waals surface area contributed by atoms with Crippen molar-refractivity contribution in [2.24, 2.45) is 12.0 Å². The minimum atomic E-state index is 0.484. The van der Waals surface area contributed by atoms with Gasteiger partial charge in [-0.05, 0) is 25.0 Å². The highest BCUT2D eigenvalue weighted by molar-refractivity contribution is 6.31. The van der Waals surface area contributed by atoms with E-state index in [-0.39, 0.29) is 0 Å². The van der Waals surface area contributed by atoms with E-state index < -0.39 is 0 Å². The fourth-order valence-electron chi connectivity index (χ4n) is 1.96. The maximum absolute atomic E-state index is 6.16. The van der Waals surface area contributed by atoms with Crippen LogP contribution in [0.4, 0.5) is 0 Å². The number of hydrogen-bond acceptors (Lipinski definition) is 3. The molecule has 1 heterocycles. The number of hydrogen-bond donors (Lipinski definition) is 2. The largest absolute Gasteiger partial charge is 0.357 e. The highest BCUT2D eigenvalue weighted by Gasteiger charge is 2.03. The van der Waals surface area contributed by atoms with Crippen molar-refractivity contribution in [2.45, 2.75) is 19.9 Å². The van der Waals surface area contributed by atoms with Gasteiger partial charge in [0.1, 0.15) is 12.9 Å². The summed E-state index contributed by atoms with van der Waals surface area (Å²) in [7, 11) is 1.91. The van der Waals surface area contributed by atoms with Gasteiger partial charge in [-0.2, -0.15) is 0 Å². The molecule has 2 aromatic rings. The molecule has 1 aromatic carbocycles. The zero-order valence-corrected chi connectivity index (χ0v) is 13.6. The van der Waals surface area contributed by atoms with E-state index in [0.717, 1.165) is 41.9 Å². The molecule has 0 saturated carbocycles.